The highest BCUT2D eigenvalue weighted by Crippen LogP contribution is 2.24. The lowest BCUT2D eigenvalue weighted by atomic mass is 9.83. The average Bonchev–Trinajstić information content (AvgIpc) is 2.71. The van der Waals surface area contributed by atoms with E-state index in [9.17, 15) is 5.11 Å². The minimum absolute atomic E-state index is 0.102. The second-order valence-electron chi connectivity index (χ2n) is 5.41. The van der Waals surface area contributed by atoms with Crippen LogP contribution in [0.3, 0.4) is 0 Å². The Morgan fingerprint density at radius 2 is 2.06 bits per heavy atom. The predicted octanol–water partition coefficient (Wildman–Crippen LogP) is 1.33. The van der Waals surface area contributed by atoms with Gasteiger partial charge in [0.2, 0.25) is 0 Å². The van der Waals surface area contributed by atoms with Gasteiger partial charge in [-0.05, 0) is 45.3 Å². The molecule has 0 bridgehead atoms. The summed E-state index contributed by atoms with van der Waals surface area (Å²) in [6, 6.07) is 0. The van der Waals surface area contributed by atoms with Crippen LogP contribution in [0.1, 0.15) is 33.1 Å². The quantitative estimate of drug-likeness (QED) is 0.690. The summed E-state index contributed by atoms with van der Waals surface area (Å²) in [6.45, 7) is 9.16. The van der Waals surface area contributed by atoms with E-state index >= 15 is 0 Å². The smallest absolute Gasteiger partial charge is 0.0499 e. The first-order chi connectivity index (χ1) is 7.65. The van der Waals surface area contributed by atoms with Crippen LogP contribution < -0.4 is 5.32 Å². The molecule has 1 aliphatic rings. The second kappa shape index (κ2) is 6.58. The van der Waals surface area contributed by atoms with Crippen LogP contribution in [0, 0.1) is 11.3 Å². The van der Waals surface area contributed by atoms with Gasteiger partial charge in [-0.2, -0.15) is 0 Å². The van der Waals surface area contributed by atoms with Gasteiger partial charge >= 0.3 is 0 Å². The zero-order valence-electron chi connectivity index (χ0n) is 11.1. The highest BCUT2D eigenvalue weighted by molar-refractivity contribution is 4.80. The van der Waals surface area contributed by atoms with Gasteiger partial charge in [0.05, 0.1) is 0 Å². The molecule has 3 heteroatoms. The van der Waals surface area contributed by atoms with Crippen molar-refractivity contribution in [3.8, 4) is 0 Å². The molecule has 0 aromatic rings. The number of hydrogen-bond acceptors (Lipinski definition) is 3. The van der Waals surface area contributed by atoms with Crippen LogP contribution in [-0.4, -0.2) is 49.8 Å². The fourth-order valence-electron chi connectivity index (χ4n) is 2.51. The molecule has 1 saturated heterocycles. The van der Waals surface area contributed by atoms with Gasteiger partial charge in [-0.1, -0.05) is 13.8 Å². The van der Waals surface area contributed by atoms with Gasteiger partial charge in [0, 0.05) is 25.1 Å². The summed E-state index contributed by atoms with van der Waals surface area (Å²) in [4.78, 5) is 2.39. The maximum Gasteiger partial charge on any atom is 0.0499 e. The van der Waals surface area contributed by atoms with Crippen molar-refractivity contribution in [1.29, 1.82) is 0 Å². The summed E-state index contributed by atoms with van der Waals surface area (Å²) >= 11 is 0. The largest absolute Gasteiger partial charge is 0.396 e. The molecule has 3 nitrogen and oxygen atoms in total. The fraction of sp³-hybridized carbons (Fsp3) is 1.00. The molecule has 1 heterocycles. The van der Waals surface area contributed by atoms with Crippen LogP contribution in [0.4, 0.5) is 0 Å². The van der Waals surface area contributed by atoms with E-state index in [0.29, 0.717) is 6.61 Å². The molecule has 16 heavy (non-hydrogen) atoms. The molecule has 0 aliphatic carbocycles. The van der Waals surface area contributed by atoms with Crippen LogP contribution in [0.25, 0.3) is 0 Å². The third-order valence-corrected chi connectivity index (χ3v) is 4.26. The predicted molar refractivity (Wildman–Crippen MR) is 68.6 cm³/mol. The van der Waals surface area contributed by atoms with E-state index in [1.807, 2.05) is 0 Å². The van der Waals surface area contributed by atoms with E-state index < -0.39 is 0 Å². The Labute approximate surface area is 100 Å². The van der Waals surface area contributed by atoms with Crippen molar-refractivity contribution in [3.05, 3.63) is 0 Å². The van der Waals surface area contributed by atoms with Gasteiger partial charge in [-0.15, -0.1) is 0 Å². The van der Waals surface area contributed by atoms with Gasteiger partial charge in [-0.3, -0.25) is 0 Å². The zero-order valence-corrected chi connectivity index (χ0v) is 11.1. The van der Waals surface area contributed by atoms with Crippen LogP contribution in [0.5, 0.6) is 0 Å². The Morgan fingerprint density at radius 1 is 1.38 bits per heavy atom. The van der Waals surface area contributed by atoms with Crippen molar-refractivity contribution < 1.29 is 5.11 Å². The van der Waals surface area contributed by atoms with E-state index in [1.54, 1.807) is 0 Å². The fourth-order valence-corrected chi connectivity index (χ4v) is 2.51. The van der Waals surface area contributed by atoms with Crippen molar-refractivity contribution in [3.63, 3.8) is 0 Å². The highest BCUT2D eigenvalue weighted by atomic mass is 16.3. The maximum atomic E-state index is 9.46. The minimum atomic E-state index is 0.102. The molecule has 0 aromatic carbocycles. The zero-order chi connectivity index (χ0) is 12.0. The molecular weight excluding hydrogens is 200 g/mol. The Hall–Kier alpha value is -0.120. The molecule has 1 aliphatic heterocycles. The molecule has 1 atom stereocenters. The van der Waals surface area contributed by atoms with E-state index in [4.69, 9.17) is 0 Å². The van der Waals surface area contributed by atoms with Crippen molar-refractivity contribution >= 4 is 0 Å². The molecule has 1 fully saturated rings. The van der Waals surface area contributed by atoms with Gasteiger partial charge in [0.1, 0.15) is 0 Å². The molecular formula is C13H28N2O. The molecule has 0 aromatic heterocycles. The summed E-state index contributed by atoms with van der Waals surface area (Å²) in [7, 11) is 2.19. The van der Waals surface area contributed by atoms with E-state index in [2.05, 4.69) is 31.1 Å². The topological polar surface area (TPSA) is 35.5 Å². The number of nitrogens with one attached hydrogen (secondary N) is 1. The summed E-state index contributed by atoms with van der Waals surface area (Å²) in [5.41, 5.74) is 0.102. The van der Waals surface area contributed by atoms with Gasteiger partial charge in [-0.25, -0.2) is 0 Å². The summed E-state index contributed by atoms with van der Waals surface area (Å²) in [5, 5.41) is 13.0. The van der Waals surface area contributed by atoms with E-state index in [0.717, 1.165) is 31.8 Å². The Bertz CT molecular complexity index is 184. The number of rotatable bonds is 7. The monoisotopic (exact) mass is 228 g/mol. The Kier molecular flexibility index (Phi) is 5.73. The molecule has 0 amide bonds. The van der Waals surface area contributed by atoms with Gasteiger partial charge < -0.3 is 15.3 Å². The Morgan fingerprint density at radius 3 is 2.50 bits per heavy atom. The maximum absolute atomic E-state index is 9.46. The normalized spacial score (nSPS) is 22.9. The van der Waals surface area contributed by atoms with Crippen molar-refractivity contribution in [2.45, 2.75) is 33.1 Å². The van der Waals surface area contributed by atoms with Crippen LogP contribution >= 0.6 is 0 Å². The standard InChI is InChI=1S/C13H28N2O/c1-4-13(5-2,11-16)10-14-8-12-6-7-15(3)9-12/h12,14,16H,4-11H2,1-3H3. The third kappa shape index (κ3) is 3.72. The third-order valence-electron chi connectivity index (χ3n) is 4.26. The Balaban J connectivity index is 2.23. The summed E-state index contributed by atoms with van der Waals surface area (Å²) in [5.74, 6) is 0.801. The molecule has 0 spiro atoms. The highest BCUT2D eigenvalue weighted by Gasteiger charge is 2.26. The van der Waals surface area contributed by atoms with Crippen LogP contribution in [-0.2, 0) is 0 Å². The van der Waals surface area contributed by atoms with Crippen molar-refractivity contribution in [1.82, 2.24) is 10.2 Å². The number of nitrogens with zero attached hydrogens (tertiary/aromatic N) is 1. The lowest BCUT2D eigenvalue weighted by molar-refractivity contribution is 0.112. The summed E-state index contributed by atoms with van der Waals surface area (Å²) in [6.07, 6.45) is 3.42. The first-order valence-electron chi connectivity index (χ1n) is 6.66. The van der Waals surface area contributed by atoms with Crippen LogP contribution in [0.15, 0.2) is 0 Å². The minimum Gasteiger partial charge on any atom is -0.396 e. The SMILES string of the molecule is CCC(CC)(CO)CNCC1CCN(C)C1. The molecule has 0 radical (unpaired) electrons. The van der Waals surface area contributed by atoms with E-state index in [-0.39, 0.29) is 5.41 Å². The van der Waals surface area contributed by atoms with Gasteiger partial charge in [0.25, 0.3) is 0 Å². The number of aliphatic hydroxyl groups excluding tert-OH is 1. The lowest BCUT2D eigenvalue weighted by Crippen LogP contribution is -2.38. The number of likely N-dealkylation sites (tertiary alicyclic amines) is 1. The molecule has 1 rings (SSSR count). The average molecular weight is 228 g/mol. The van der Waals surface area contributed by atoms with Crippen LogP contribution in [0.2, 0.25) is 0 Å². The second-order valence-corrected chi connectivity index (χ2v) is 5.41. The molecule has 0 saturated carbocycles. The summed E-state index contributed by atoms with van der Waals surface area (Å²) < 4.78 is 0. The van der Waals surface area contributed by atoms with Crippen molar-refractivity contribution in [2.24, 2.45) is 11.3 Å². The first kappa shape index (κ1) is 13.9. The van der Waals surface area contributed by atoms with E-state index in [1.165, 1.54) is 19.5 Å². The van der Waals surface area contributed by atoms with Gasteiger partial charge in [0.15, 0.2) is 0 Å². The molecule has 96 valence electrons. The van der Waals surface area contributed by atoms with Crippen molar-refractivity contribution in [2.75, 3.05) is 39.8 Å². The number of aliphatic hydroxyl groups is 1. The molecule has 1 unspecified atom stereocenters. The molecule has 2 N–H and O–H groups in total. The lowest BCUT2D eigenvalue weighted by Gasteiger charge is -2.30. The first-order valence-corrected chi connectivity index (χ1v) is 6.66. The number of hydrogen-bond donors (Lipinski definition) is 2.